The van der Waals surface area contributed by atoms with E-state index in [9.17, 15) is 18.0 Å². The topological polar surface area (TPSA) is 64.3 Å². The van der Waals surface area contributed by atoms with Crippen molar-refractivity contribution in [3.63, 3.8) is 0 Å². The summed E-state index contributed by atoms with van der Waals surface area (Å²) in [6.45, 7) is 3.24. The first-order chi connectivity index (χ1) is 16.8. The second-order valence-electron chi connectivity index (χ2n) is 8.53. The summed E-state index contributed by atoms with van der Waals surface area (Å²) in [5, 5.41) is 3.00. The fourth-order valence-electron chi connectivity index (χ4n) is 4.16. The first kappa shape index (κ1) is 24.7. The number of carbonyl (C=O) groups excluding carboxylic acids is 1. The van der Waals surface area contributed by atoms with Gasteiger partial charge in [-0.25, -0.2) is 0 Å². The lowest BCUT2D eigenvalue weighted by molar-refractivity contribution is -0.137. The fourth-order valence-corrected chi connectivity index (χ4v) is 4.16. The van der Waals surface area contributed by atoms with Crippen LogP contribution in [-0.2, 0) is 17.5 Å². The van der Waals surface area contributed by atoms with E-state index in [4.69, 9.17) is 10.5 Å². The zero-order valence-electron chi connectivity index (χ0n) is 19.4. The van der Waals surface area contributed by atoms with Gasteiger partial charge in [0.1, 0.15) is 0 Å². The van der Waals surface area contributed by atoms with E-state index in [1.807, 2.05) is 43.3 Å². The lowest BCUT2D eigenvalue weighted by Crippen LogP contribution is -2.26. The van der Waals surface area contributed by atoms with Crippen molar-refractivity contribution in [2.24, 2.45) is 5.73 Å². The summed E-state index contributed by atoms with van der Waals surface area (Å²) in [6, 6.07) is 17.9. The van der Waals surface area contributed by atoms with Crippen LogP contribution in [-0.4, -0.2) is 19.1 Å². The monoisotopic (exact) mass is 480 g/mol. The molecule has 0 fully saturated rings. The Kier molecular flexibility index (Phi) is 7.38. The van der Waals surface area contributed by atoms with Gasteiger partial charge in [0.05, 0.1) is 24.8 Å². The molecule has 0 saturated carbocycles. The van der Waals surface area contributed by atoms with Crippen LogP contribution in [0.25, 0.3) is 16.7 Å². The van der Waals surface area contributed by atoms with E-state index in [0.717, 1.165) is 29.7 Å². The van der Waals surface area contributed by atoms with E-state index in [1.54, 1.807) is 18.2 Å². The molecule has 0 unspecified atom stereocenters. The van der Waals surface area contributed by atoms with Crippen molar-refractivity contribution in [2.75, 3.05) is 13.2 Å². The molecule has 0 saturated heterocycles. The lowest BCUT2D eigenvalue weighted by Gasteiger charge is -2.17. The molecule has 0 radical (unpaired) electrons. The number of nitrogens with one attached hydrogen (secondary N) is 1. The molecule has 3 aromatic rings. The maximum Gasteiger partial charge on any atom is 0.416 e. The average molecular weight is 481 g/mol. The Morgan fingerprint density at radius 2 is 1.83 bits per heavy atom. The number of benzene rings is 3. The van der Waals surface area contributed by atoms with Crippen LogP contribution in [0.15, 0.2) is 72.8 Å². The van der Waals surface area contributed by atoms with Gasteiger partial charge in [0.15, 0.2) is 0 Å². The summed E-state index contributed by atoms with van der Waals surface area (Å²) in [4.78, 5) is 12.9. The number of amides is 1. The van der Waals surface area contributed by atoms with Gasteiger partial charge in [-0.2, -0.15) is 13.2 Å². The largest absolute Gasteiger partial charge is 0.416 e. The molecule has 3 aromatic carbocycles. The van der Waals surface area contributed by atoms with E-state index in [2.05, 4.69) is 5.32 Å². The highest BCUT2D eigenvalue weighted by Crippen LogP contribution is 2.34. The smallest absolute Gasteiger partial charge is 0.377 e. The molecule has 0 spiro atoms. The number of nitrogens with two attached hydrogens (primary N) is 1. The third-order valence-corrected chi connectivity index (χ3v) is 6.19. The van der Waals surface area contributed by atoms with Gasteiger partial charge in [0, 0.05) is 12.1 Å². The molecule has 4 rings (SSSR count). The van der Waals surface area contributed by atoms with Gasteiger partial charge in [0.25, 0.3) is 5.91 Å². The molecule has 35 heavy (non-hydrogen) atoms. The first-order valence-electron chi connectivity index (χ1n) is 11.4. The number of carbonyl (C=O) groups is 1. The number of hydrogen-bond acceptors (Lipinski definition) is 3. The molecule has 7 heteroatoms. The van der Waals surface area contributed by atoms with Crippen LogP contribution < -0.4 is 11.1 Å². The highest BCUT2D eigenvalue weighted by molar-refractivity contribution is 5.95. The van der Waals surface area contributed by atoms with Gasteiger partial charge in [-0.05, 0) is 71.0 Å². The SMILES string of the molecule is C[C@@H](NC(=O)c1cccc(C2=CCOCC2)c1)c1ccc(-c2cc(C(F)(F)F)ccc2CN)cc1. The van der Waals surface area contributed by atoms with E-state index >= 15 is 0 Å². The predicted molar refractivity (Wildman–Crippen MR) is 131 cm³/mol. The molecule has 0 aromatic heterocycles. The molecule has 1 aliphatic heterocycles. The van der Waals surface area contributed by atoms with Crippen molar-refractivity contribution in [2.45, 2.75) is 32.1 Å². The van der Waals surface area contributed by atoms with Crippen LogP contribution in [0.3, 0.4) is 0 Å². The van der Waals surface area contributed by atoms with Crippen molar-refractivity contribution in [1.29, 1.82) is 0 Å². The van der Waals surface area contributed by atoms with Crippen LogP contribution in [0.5, 0.6) is 0 Å². The minimum atomic E-state index is -4.43. The third-order valence-electron chi connectivity index (χ3n) is 6.19. The molecule has 0 aliphatic carbocycles. The zero-order chi connectivity index (χ0) is 25.0. The van der Waals surface area contributed by atoms with Crippen LogP contribution in [0, 0.1) is 0 Å². The van der Waals surface area contributed by atoms with Gasteiger partial charge in [-0.15, -0.1) is 0 Å². The van der Waals surface area contributed by atoms with Crippen molar-refractivity contribution in [3.05, 3.63) is 101 Å². The number of ether oxygens (including phenoxy) is 1. The van der Waals surface area contributed by atoms with Gasteiger partial charge < -0.3 is 15.8 Å². The summed E-state index contributed by atoms with van der Waals surface area (Å²) in [5.41, 5.74) is 10.3. The fraction of sp³-hybridized carbons (Fsp3) is 0.250. The standard InChI is InChI=1S/C28H27F3N2O2/c1-18(33-27(34)23-4-2-3-22(15-23)20-11-13-35-14-12-20)19-5-7-21(8-6-19)26-16-25(28(29,30)31)10-9-24(26)17-32/h2-11,15-16,18H,12-14,17,32H2,1H3,(H,33,34)/t18-/m1/s1. The highest BCUT2D eigenvalue weighted by atomic mass is 19.4. The molecule has 1 atom stereocenters. The number of hydrogen-bond donors (Lipinski definition) is 2. The predicted octanol–water partition coefficient (Wildman–Crippen LogP) is 6.13. The van der Waals surface area contributed by atoms with Crippen LogP contribution in [0.4, 0.5) is 13.2 Å². The van der Waals surface area contributed by atoms with E-state index in [1.165, 1.54) is 11.6 Å². The van der Waals surface area contributed by atoms with E-state index < -0.39 is 11.7 Å². The van der Waals surface area contributed by atoms with Gasteiger partial charge in [0.2, 0.25) is 0 Å². The minimum absolute atomic E-state index is 0.130. The van der Waals surface area contributed by atoms with Gasteiger partial charge in [-0.3, -0.25) is 4.79 Å². The van der Waals surface area contributed by atoms with Gasteiger partial charge in [-0.1, -0.05) is 48.5 Å². The maximum absolute atomic E-state index is 13.2. The third kappa shape index (κ3) is 5.81. The molecule has 0 bridgehead atoms. The molecular formula is C28H27F3N2O2. The molecule has 1 amide bonds. The second kappa shape index (κ2) is 10.5. The minimum Gasteiger partial charge on any atom is -0.377 e. The molecule has 1 aliphatic rings. The van der Waals surface area contributed by atoms with Crippen molar-refractivity contribution < 1.29 is 22.7 Å². The Hall–Kier alpha value is -3.42. The normalized spacial score (nSPS) is 14.8. The van der Waals surface area contributed by atoms with E-state index in [0.29, 0.717) is 35.5 Å². The first-order valence-corrected chi connectivity index (χ1v) is 11.4. The lowest BCUT2D eigenvalue weighted by atomic mass is 9.95. The summed E-state index contributed by atoms with van der Waals surface area (Å²) in [5.74, 6) is -0.195. The maximum atomic E-state index is 13.2. The summed E-state index contributed by atoms with van der Waals surface area (Å²) >= 11 is 0. The Balaban J connectivity index is 1.50. The van der Waals surface area contributed by atoms with E-state index in [-0.39, 0.29) is 18.5 Å². The zero-order valence-corrected chi connectivity index (χ0v) is 19.4. The number of halogens is 3. The number of alkyl halides is 3. The van der Waals surface area contributed by atoms with Gasteiger partial charge >= 0.3 is 6.18 Å². The summed E-state index contributed by atoms with van der Waals surface area (Å²) in [7, 11) is 0. The Bertz CT molecular complexity index is 1230. The Morgan fingerprint density at radius 1 is 1.06 bits per heavy atom. The van der Waals surface area contributed by atoms with Crippen LogP contribution in [0.2, 0.25) is 0 Å². The molecular weight excluding hydrogens is 453 g/mol. The Morgan fingerprint density at radius 3 is 2.49 bits per heavy atom. The average Bonchev–Trinajstić information content (AvgIpc) is 2.88. The van der Waals surface area contributed by atoms with Crippen LogP contribution in [0.1, 0.15) is 52.0 Å². The second-order valence-corrected chi connectivity index (χ2v) is 8.53. The van der Waals surface area contributed by atoms with Crippen molar-refractivity contribution >= 4 is 11.5 Å². The highest BCUT2D eigenvalue weighted by Gasteiger charge is 2.31. The van der Waals surface area contributed by atoms with Crippen molar-refractivity contribution in [1.82, 2.24) is 5.32 Å². The quantitative estimate of drug-likeness (QED) is 0.446. The number of rotatable bonds is 6. The molecule has 4 nitrogen and oxygen atoms in total. The summed E-state index contributed by atoms with van der Waals surface area (Å²) < 4.78 is 45.0. The molecule has 1 heterocycles. The molecule has 3 N–H and O–H groups in total. The van der Waals surface area contributed by atoms with Crippen LogP contribution >= 0.6 is 0 Å². The summed E-state index contributed by atoms with van der Waals surface area (Å²) in [6.07, 6.45) is -1.59. The van der Waals surface area contributed by atoms with Crippen molar-refractivity contribution in [3.8, 4) is 11.1 Å². The molecule has 182 valence electrons. The Labute approximate surface area is 202 Å².